The fraction of sp³-hybridized carbons (Fsp3) is 0.200. The molecule has 2 aromatic rings. The number of benzene rings is 1. The molecule has 2 rings (SSSR count). The molecule has 0 bridgehead atoms. The van der Waals surface area contributed by atoms with Crippen LogP contribution in [0.15, 0.2) is 31.1 Å². The first-order chi connectivity index (χ1) is 8.11. The number of hydrogen-bond donors (Lipinski definition) is 1. The topological polar surface area (TPSA) is 64.9 Å². The molecule has 0 saturated heterocycles. The second kappa shape index (κ2) is 5.16. The summed E-state index contributed by atoms with van der Waals surface area (Å²) in [7, 11) is 0. The second-order valence-electron chi connectivity index (χ2n) is 3.24. The lowest BCUT2D eigenvalue weighted by molar-refractivity contribution is 0.429. The molecular weight excluding hydrogens is 309 g/mol. The average Bonchev–Trinajstić information content (AvgIpc) is 2.71. The van der Waals surface area contributed by atoms with Gasteiger partial charge in [-0.2, -0.15) is 0 Å². The van der Waals surface area contributed by atoms with Crippen molar-refractivity contribution in [1.29, 1.82) is 0 Å². The largest absolute Gasteiger partial charge is 0.416 e. The number of halogens is 2. The van der Waals surface area contributed by atoms with Crippen molar-refractivity contribution in [2.75, 3.05) is 0 Å². The van der Waals surface area contributed by atoms with E-state index in [0.29, 0.717) is 26.0 Å². The summed E-state index contributed by atoms with van der Waals surface area (Å²) < 4.78 is 19.5. The van der Waals surface area contributed by atoms with Gasteiger partial charge >= 0.3 is 0 Å². The van der Waals surface area contributed by atoms with Crippen molar-refractivity contribution in [3.63, 3.8) is 0 Å². The van der Waals surface area contributed by atoms with Crippen LogP contribution in [0.25, 0.3) is 0 Å². The summed E-state index contributed by atoms with van der Waals surface area (Å²) in [5.74, 6) is 0.0827. The van der Waals surface area contributed by atoms with Crippen LogP contribution in [-0.4, -0.2) is 10.2 Å². The number of aromatic nitrogens is 2. The highest BCUT2D eigenvalue weighted by Crippen LogP contribution is 2.33. The quantitative estimate of drug-likeness (QED) is 0.943. The van der Waals surface area contributed by atoms with E-state index in [2.05, 4.69) is 26.1 Å². The van der Waals surface area contributed by atoms with Crippen molar-refractivity contribution in [3.8, 4) is 0 Å². The normalized spacial score (nSPS) is 10.8. The molecule has 0 aliphatic carbocycles. The summed E-state index contributed by atoms with van der Waals surface area (Å²) in [6.07, 6.45) is 0. The zero-order valence-corrected chi connectivity index (χ0v) is 11.3. The van der Waals surface area contributed by atoms with E-state index in [1.165, 1.54) is 0 Å². The van der Waals surface area contributed by atoms with E-state index in [4.69, 9.17) is 10.2 Å². The van der Waals surface area contributed by atoms with Gasteiger partial charge in [-0.25, -0.2) is 4.39 Å². The van der Waals surface area contributed by atoms with Crippen LogP contribution in [0.1, 0.15) is 11.5 Å². The van der Waals surface area contributed by atoms with Gasteiger partial charge in [0.15, 0.2) is 5.82 Å². The Kier molecular flexibility index (Phi) is 3.80. The van der Waals surface area contributed by atoms with Gasteiger partial charge in [0.05, 0.1) is 9.37 Å². The fourth-order valence-electron chi connectivity index (χ4n) is 1.22. The van der Waals surface area contributed by atoms with Crippen LogP contribution in [-0.2, 0) is 6.54 Å². The van der Waals surface area contributed by atoms with Gasteiger partial charge in [0, 0.05) is 13.5 Å². The number of aryl methyl sites for hydroxylation is 1. The maximum Gasteiger partial charge on any atom is 0.281 e. The Morgan fingerprint density at radius 2 is 2.24 bits per heavy atom. The molecule has 17 heavy (non-hydrogen) atoms. The zero-order valence-electron chi connectivity index (χ0n) is 8.91. The van der Waals surface area contributed by atoms with Crippen molar-refractivity contribution in [2.45, 2.75) is 23.6 Å². The van der Waals surface area contributed by atoms with Gasteiger partial charge in [0.2, 0.25) is 5.89 Å². The van der Waals surface area contributed by atoms with Crippen LogP contribution in [0, 0.1) is 12.7 Å². The molecule has 90 valence electrons. The third kappa shape index (κ3) is 2.67. The van der Waals surface area contributed by atoms with E-state index in [0.717, 1.165) is 11.8 Å². The Labute approximate surface area is 110 Å². The maximum atomic E-state index is 13.9. The molecule has 4 nitrogen and oxygen atoms in total. The maximum absolute atomic E-state index is 13.9. The van der Waals surface area contributed by atoms with Crippen LogP contribution < -0.4 is 5.73 Å². The third-order valence-electron chi connectivity index (χ3n) is 2.05. The first-order valence-corrected chi connectivity index (χ1v) is 6.37. The lowest BCUT2D eigenvalue weighted by atomic mass is 10.2. The molecule has 1 aromatic heterocycles. The molecule has 0 fully saturated rings. The molecule has 0 amide bonds. The number of nitrogens with two attached hydrogens (primary N) is 1. The van der Waals surface area contributed by atoms with E-state index >= 15 is 0 Å². The Morgan fingerprint density at radius 1 is 1.47 bits per heavy atom. The van der Waals surface area contributed by atoms with Crippen LogP contribution in [0.5, 0.6) is 0 Å². The molecule has 1 heterocycles. The van der Waals surface area contributed by atoms with Gasteiger partial charge < -0.3 is 10.2 Å². The van der Waals surface area contributed by atoms with E-state index in [1.807, 2.05) is 0 Å². The first kappa shape index (κ1) is 12.5. The predicted molar refractivity (Wildman–Crippen MR) is 65.1 cm³/mol. The third-order valence-corrected chi connectivity index (χ3v) is 3.78. The van der Waals surface area contributed by atoms with E-state index in [9.17, 15) is 4.39 Å². The molecule has 0 unspecified atom stereocenters. The molecule has 1 aromatic carbocycles. The van der Waals surface area contributed by atoms with Crippen LogP contribution in [0.3, 0.4) is 0 Å². The molecule has 0 aliphatic rings. The Bertz CT molecular complexity index is 546. The van der Waals surface area contributed by atoms with Gasteiger partial charge in [-0.05, 0) is 39.3 Å². The highest BCUT2D eigenvalue weighted by atomic mass is 79.9. The van der Waals surface area contributed by atoms with Gasteiger partial charge in [0.25, 0.3) is 5.22 Å². The van der Waals surface area contributed by atoms with Crippen molar-refractivity contribution < 1.29 is 8.81 Å². The summed E-state index contributed by atoms with van der Waals surface area (Å²) in [5.41, 5.74) is 6.20. The minimum Gasteiger partial charge on any atom is -0.416 e. The fourth-order valence-corrected chi connectivity index (χ4v) is 2.62. The standard InChI is InChI=1S/C10H9BrFN3OS/c1-5-14-15-10(16-5)17-7-3-2-6(4-13)8(11)9(7)12/h2-3H,4,13H2,1H3. The van der Waals surface area contributed by atoms with Crippen molar-refractivity contribution in [1.82, 2.24) is 10.2 Å². The molecule has 0 saturated carbocycles. The smallest absolute Gasteiger partial charge is 0.281 e. The van der Waals surface area contributed by atoms with Crippen molar-refractivity contribution in [2.24, 2.45) is 5.73 Å². The second-order valence-corrected chi connectivity index (χ2v) is 5.03. The lowest BCUT2D eigenvalue weighted by Gasteiger charge is -2.05. The molecule has 0 radical (unpaired) electrons. The molecule has 0 spiro atoms. The van der Waals surface area contributed by atoms with Crippen LogP contribution in [0.2, 0.25) is 0 Å². The number of hydrogen-bond acceptors (Lipinski definition) is 5. The summed E-state index contributed by atoms with van der Waals surface area (Å²) in [6.45, 7) is 1.96. The minimum absolute atomic E-state index is 0.280. The average molecular weight is 318 g/mol. The Balaban J connectivity index is 2.31. The van der Waals surface area contributed by atoms with Crippen molar-refractivity contribution in [3.05, 3.63) is 33.9 Å². The number of rotatable bonds is 3. The monoisotopic (exact) mass is 317 g/mol. The first-order valence-electron chi connectivity index (χ1n) is 4.76. The Hall–Kier alpha value is -0.920. The van der Waals surface area contributed by atoms with E-state index in [-0.39, 0.29) is 12.4 Å². The lowest BCUT2D eigenvalue weighted by Crippen LogP contribution is -1.99. The molecule has 0 aliphatic heterocycles. The summed E-state index contributed by atoms with van der Waals surface area (Å²) in [6, 6.07) is 3.41. The molecule has 7 heteroatoms. The SMILES string of the molecule is Cc1nnc(Sc2ccc(CN)c(Br)c2F)o1. The number of nitrogens with zero attached hydrogens (tertiary/aromatic N) is 2. The minimum atomic E-state index is -0.367. The molecule has 2 N–H and O–H groups in total. The summed E-state index contributed by atoms with van der Waals surface area (Å²) >= 11 is 4.26. The van der Waals surface area contributed by atoms with Gasteiger partial charge in [-0.15, -0.1) is 10.2 Å². The van der Waals surface area contributed by atoms with Crippen LogP contribution in [0.4, 0.5) is 4.39 Å². The van der Waals surface area contributed by atoms with Gasteiger partial charge in [-0.3, -0.25) is 0 Å². The van der Waals surface area contributed by atoms with Gasteiger partial charge in [-0.1, -0.05) is 6.07 Å². The van der Waals surface area contributed by atoms with Crippen molar-refractivity contribution >= 4 is 27.7 Å². The Morgan fingerprint density at radius 3 is 2.82 bits per heavy atom. The highest BCUT2D eigenvalue weighted by Gasteiger charge is 2.14. The van der Waals surface area contributed by atoms with E-state index < -0.39 is 0 Å². The zero-order chi connectivity index (χ0) is 12.4. The van der Waals surface area contributed by atoms with E-state index in [1.54, 1.807) is 19.1 Å². The predicted octanol–water partition coefficient (Wildman–Crippen LogP) is 2.89. The van der Waals surface area contributed by atoms with Gasteiger partial charge in [0.1, 0.15) is 0 Å². The summed E-state index contributed by atoms with van der Waals surface area (Å²) in [4.78, 5) is 0.415. The summed E-state index contributed by atoms with van der Waals surface area (Å²) in [5, 5.41) is 7.78. The molecular formula is C10H9BrFN3OS. The molecule has 0 atom stereocenters. The highest BCUT2D eigenvalue weighted by molar-refractivity contribution is 9.10. The van der Waals surface area contributed by atoms with Crippen LogP contribution >= 0.6 is 27.7 Å².